The first-order chi connectivity index (χ1) is 14.8. The highest BCUT2D eigenvalue weighted by Gasteiger charge is 2.27. The van der Waals surface area contributed by atoms with Crippen molar-refractivity contribution in [1.82, 2.24) is 20.1 Å². The van der Waals surface area contributed by atoms with E-state index in [4.69, 9.17) is 14.1 Å². The minimum absolute atomic E-state index is 0.00166. The van der Waals surface area contributed by atoms with Crippen LogP contribution in [0.4, 0.5) is 0 Å². The normalized spacial score (nSPS) is 16.7. The Morgan fingerprint density at radius 2 is 2.07 bits per heavy atom. The molecule has 0 bridgehead atoms. The minimum atomic E-state index is 0.00166. The molecule has 5 rings (SSSR count). The van der Waals surface area contributed by atoms with E-state index in [1.165, 1.54) is 11.1 Å². The second-order valence-corrected chi connectivity index (χ2v) is 8.32. The van der Waals surface area contributed by atoms with Gasteiger partial charge in [0.2, 0.25) is 12.3 Å². The molecule has 0 saturated carbocycles. The zero-order chi connectivity index (χ0) is 20.3. The molecule has 1 saturated heterocycles. The number of piperidine rings is 1. The summed E-state index contributed by atoms with van der Waals surface area (Å²) in [5.41, 5.74) is 1.84. The van der Waals surface area contributed by atoms with Crippen molar-refractivity contribution in [2.24, 2.45) is 0 Å². The number of hydrogen-bond donors (Lipinski definition) is 0. The van der Waals surface area contributed by atoms with Crippen LogP contribution >= 0.6 is 11.3 Å². The summed E-state index contributed by atoms with van der Waals surface area (Å²) in [4.78, 5) is 19.4. The molecule has 1 atom stereocenters. The van der Waals surface area contributed by atoms with Gasteiger partial charge in [-0.05, 0) is 49.2 Å². The van der Waals surface area contributed by atoms with E-state index >= 15 is 0 Å². The van der Waals surface area contributed by atoms with Gasteiger partial charge in [0.25, 0.3) is 5.91 Å². The van der Waals surface area contributed by atoms with Gasteiger partial charge in [0.15, 0.2) is 6.61 Å². The summed E-state index contributed by atoms with van der Waals surface area (Å²) < 4.78 is 12.1. The Morgan fingerprint density at radius 1 is 1.20 bits per heavy atom. The summed E-state index contributed by atoms with van der Waals surface area (Å²) in [6, 6.07) is 15.4. The second kappa shape index (κ2) is 8.23. The Labute approximate surface area is 177 Å². The van der Waals surface area contributed by atoms with E-state index in [1.807, 2.05) is 35.2 Å². The molecule has 3 heterocycles. The summed E-state index contributed by atoms with van der Waals surface area (Å²) in [6.45, 7) is 1.48. The van der Waals surface area contributed by atoms with Crippen LogP contribution in [0.3, 0.4) is 0 Å². The van der Waals surface area contributed by atoms with E-state index in [9.17, 15) is 4.79 Å². The van der Waals surface area contributed by atoms with Crippen LogP contribution < -0.4 is 4.74 Å². The molecule has 7 nitrogen and oxygen atoms in total. The number of fused-ring (bicyclic) bond motifs is 1. The van der Waals surface area contributed by atoms with Crippen molar-refractivity contribution in [3.63, 3.8) is 0 Å². The molecule has 0 spiro atoms. The average molecular weight is 420 g/mol. The molecule has 1 aliphatic heterocycles. The Kier molecular flexibility index (Phi) is 5.15. The van der Waals surface area contributed by atoms with Crippen LogP contribution in [0.5, 0.6) is 5.75 Å². The van der Waals surface area contributed by atoms with Crippen LogP contribution in [0.25, 0.3) is 21.7 Å². The average Bonchev–Trinajstić information content (AvgIpc) is 3.48. The molecule has 1 aliphatic rings. The van der Waals surface area contributed by atoms with Crippen LogP contribution in [-0.4, -0.2) is 45.7 Å². The van der Waals surface area contributed by atoms with Crippen LogP contribution in [-0.2, 0) is 4.79 Å². The van der Waals surface area contributed by atoms with Crippen LogP contribution in [0.15, 0.2) is 59.3 Å². The molecular formula is C22H20N4O3S. The quantitative estimate of drug-likeness (QED) is 0.483. The zero-order valence-corrected chi connectivity index (χ0v) is 17.0. The molecule has 8 heteroatoms. The van der Waals surface area contributed by atoms with Crippen LogP contribution in [0.1, 0.15) is 23.8 Å². The van der Waals surface area contributed by atoms with Gasteiger partial charge < -0.3 is 14.1 Å². The minimum Gasteiger partial charge on any atom is -0.484 e. The maximum absolute atomic E-state index is 12.7. The third-order valence-corrected chi connectivity index (χ3v) is 6.46. The topological polar surface area (TPSA) is 81.3 Å². The third kappa shape index (κ3) is 3.91. The number of carbonyl (C=O) groups excluding carboxylic acids is 1. The van der Waals surface area contributed by atoms with Gasteiger partial charge in [-0.1, -0.05) is 12.1 Å². The second-order valence-electron chi connectivity index (χ2n) is 7.26. The number of amides is 1. The number of benzene rings is 2. The lowest BCUT2D eigenvalue weighted by atomic mass is 9.99. The monoisotopic (exact) mass is 420 g/mol. The fourth-order valence-corrected chi connectivity index (χ4v) is 4.79. The molecule has 0 unspecified atom stereocenters. The number of hydrogen-bond acceptors (Lipinski definition) is 7. The van der Waals surface area contributed by atoms with Gasteiger partial charge in [-0.25, -0.2) is 4.98 Å². The van der Waals surface area contributed by atoms with Crippen molar-refractivity contribution in [3.05, 3.63) is 59.9 Å². The first kappa shape index (κ1) is 18.7. The van der Waals surface area contributed by atoms with Crippen molar-refractivity contribution >= 4 is 27.5 Å². The molecule has 152 valence electrons. The molecule has 1 fully saturated rings. The van der Waals surface area contributed by atoms with Gasteiger partial charge >= 0.3 is 0 Å². The van der Waals surface area contributed by atoms with E-state index in [0.29, 0.717) is 18.2 Å². The SMILES string of the molecule is O=C(COc1ccc(-c2nnco2)cc1)N1CCC[C@@H](c2nc3ccccc3s2)C1. The highest BCUT2D eigenvalue weighted by Crippen LogP contribution is 2.33. The van der Waals surface area contributed by atoms with Crippen molar-refractivity contribution in [3.8, 4) is 17.2 Å². The Morgan fingerprint density at radius 3 is 2.87 bits per heavy atom. The van der Waals surface area contributed by atoms with E-state index in [2.05, 4.69) is 16.3 Å². The number of ether oxygens (including phenoxy) is 1. The van der Waals surface area contributed by atoms with Gasteiger partial charge in [-0.2, -0.15) is 0 Å². The molecule has 30 heavy (non-hydrogen) atoms. The molecule has 2 aromatic carbocycles. The number of thiazole rings is 1. The first-order valence-corrected chi connectivity index (χ1v) is 10.7. The van der Waals surface area contributed by atoms with Gasteiger partial charge in [0.1, 0.15) is 5.75 Å². The fraction of sp³-hybridized carbons (Fsp3) is 0.273. The number of likely N-dealkylation sites (tertiary alicyclic amines) is 1. The van der Waals surface area contributed by atoms with Crippen LogP contribution in [0.2, 0.25) is 0 Å². The van der Waals surface area contributed by atoms with Crippen molar-refractivity contribution in [2.45, 2.75) is 18.8 Å². The smallest absolute Gasteiger partial charge is 0.260 e. The van der Waals surface area contributed by atoms with E-state index < -0.39 is 0 Å². The molecular weight excluding hydrogens is 400 g/mol. The van der Waals surface area contributed by atoms with Crippen molar-refractivity contribution in [2.75, 3.05) is 19.7 Å². The number of nitrogens with zero attached hydrogens (tertiary/aromatic N) is 4. The maximum Gasteiger partial charge on any atom is 0.260 e. The highest BCUT2D eigenvalue weighted by atomic mass is 32.1. The number of carbonyl (C=O) groups is 1. The molecule has 0 aliphatic carbocycles. The first-order valence-electron chi connectivity index (χ1n) is 9.89. The number of rotatable bonds is 5. The van der Waals surface area contributed by atoms with E-state index in [-0.39, 0.29) is 18.4 Å². The molecule has 2 aromatic heterocycles. The molecule has 4 aromatic rings. The summed E-state index contributed by atoms with van der Waals surface area (Å²) >= 11 is 1.73. The van der Waals surface area contributed by atoms with Gasteiger partial charge in [-0.15, -0.1) is 21.5 Å². The molecule has 0 N–H and O–H groups in total. The lowest BCUT2D eigenvalue weighted by molar-refractivity contribution is -0.134. The fourth-order valence-electron chi connectivity index (χ4n) is 3.70. The third-order valence-electron chi connectivity index (χ3n) is 5.26. The van der Waals surface area contributed by atoms with Gasteiger partial charge in [0, 0.05) is 24.6 Å². The summed E-state index contributed by atoms with van der Waals surface area (Å²) in [5.74, 6) is 1.37. The predicted molar refractivity (Wildman–Crippen MR) is 113 cm³/mol. The lowest BCUT2D eigenvalue weighted by Crippen LogP contribution is -2.41. The summed E-state index contributed by atoms with van der Waals surface area (Å²) in [5, 5.41) is 8.66. The van der Waals surface area contributed by atoms with Crippen molar-refractivity contribution < 1.29 is 13.9 Å². The lowest BCUT2D eigenvalue weighted by Gasteiger charge is -2.31. The van der Waals surface area contributed by atoms with E-state index in [0.717, 1.165) is 35.5 Å². The summed E-state index contributed by atoms with van der Waals surface area (Å²) in [7, 11) is 0. The standard InChI is InChI=1S/C22H20N4O3S/c27-20(13-28-17-9-7-15(8-10-17)21-25-23-14-29-21)26-11-3-4-16(12-26)22-24-18-5-1-2-6-19(18)30-22/h1-2,5-10,14,16H,3-4,11-13H2/t16-/m1/s1. The van der Waals surface area contributed by atoms with E-state index in [1.54, 1.807) is 23.5 Å². The number of para-hydroxylation sites is 1. The Balaban J connectivity index is 1.19. The molecule has 1 amide bonds. The maximum atomic E-state index is 12.7. The number of aromatic nitrogens is 3. The predicted octanol–water partition coefficient (Wildman–Crippen LogP) is 4.13. The van der Waals surface area contributed by atoms with Gasteiger partial charge in [-0.3, -0.25) is 4.79 Å². The van der Waals surface area contributed by atoms with Crippen molar-refractivity contribution in [1.29, 1.82) is 0 Å². The summed E-state index contributed by atoms with van der Waals surface area (Å²) in [6.07, 6.45) is 3.32. The largest absolute Gasteiger partial charge is 0.484 e. The van der Waals surface area contributed by atoms with Crippen LogP contribution in [0, 0.1) is 0 Å². The zero-order valence-electron chi connectivity index (χ0n) is 16.2. The Hall–Kier alpha value is -3.26. The Bertz CT molecular complexity index is 1110. The highest BCUT2D eigenvalue weighted by molar-refractivity contribution is 7.18. The molecule has 0 radical (unpaired) electrons. The van der Waals surface area contributed by atoms with Gasteiger partial charge in [0.05, 0.1) is 15.2 Å².